The third-order valence-corrected chi connectivity index (χ3v) is 2.89. The van der Waals surface area contributed by atoms with Crippen LogP contribution in [-0.2, 0) is 0 Å². The summed E-state index contributed by atoms with van der Waals surface area (Å²) < 4.78 is 11.9. The van der Waals surface area contributed by atoms with Gasteiger partial charge in [0.25, 0.3) is 0 Å². The van der Waals surface area contributed by atoms with Crippen molar-refractivity contribution in [1.82, 2.24) is 5.32 Å². The van der Waals surface area contributed by atoms with Crippen molar-refractivity contribution in [1.29, 1.82) is 0 Å². The van der Waals surface area contributed by atoms with Gasteiger partial charge in [0.1, 0.15) is 6.67 Å². The molecular formula is C10H20FN. The van der Waals surface area contributed by atoms with E-state index in [-0.39, 0.29) is 6.67 Å². The maximum atomic E-state index is 11.9. The molecular weight excluding hydrogens is 153 g/mol. The second-order valence-corrected chi connectivity index (χ2v) is 3.78. The van der Waals surface area contributed by atoms with E-state index in [1.165, 1.54) is 32.1 Å². The number of hydrogen-bond acceptors (Lipinski definition) is 1. The molecule has 1 aliphatic rings. The van der Waals surface area contributed by atoms with E-state index in [0.29, 0.717) is 12.6 Å². The molecule has 2 atom stereocenters. The molecule has 0 aromatic rings. The predicted molar refractivity (Wildman–Crippen MR) is 50.0 cm³/mol. The lowest BCUT2D eigenvalue weighted by Crippen LogP contribution is -2.35. The second kappa shape index (κ2) is 5.52. The molecule has 0 spiro atoms. The number of rotatable bonds is 4. The minimum atomic E-state index is -0.229. The standard InChI is InChI=1S/C10H20FN/c1-2-9-4-3-5-10(8-9)12-7-6-11/h9-10,12H,2-8H2,1H3. The van der Waals surface area contributed by atoms with Crippen molar-refractivity contribution in [3.63, 3.8) is 0 Å². The topological polar surface area (TPSA) is 12.0 Å². The summed E-state index contributed by atoms with van der Waals surface area (Å²) in [4.78, 5) is 0. The van der Waals surface area contributed by atoms with Gasteiger partial charge in [0.15, 0.2) is 0 Å². The van der Waals surface area contributed by atoms with Gasteiger partial charge in [-0.25, -0.2) is 4.39 Å². The fourth-order valence-electron chi connectivity index (χ4n) is 2.11. The van der Waals surface area contributed by atoms with Gasteiger partial charge in [-0.3, -0.25) is 0 Å². The third-order valence-electron chi connectivity index (χ3n) is 2.89. The van der Waals surface area contributed by atoms with Crippen molar-refractivity contribution in [2.75, 3.05) is 13.2 Å². The van der Waals surface area contributed by atoms with Gasteiger partial charge in [-0.1, -0.05) is 26.2 Å². The highest BCUT2D eigenvalue weighted by Gasteiger charge is 2.19. The average molecular weight is 173 g/mol. The summed E-state index contributed by atoms with van der Waals surface area (Å²) in [5.41, 5.74) is 0. The zero-order valence-electron chi connectivity index (χ0n) is 7.98. The van der Waals surface area contributed by atoms with Gasteiger partial charge in [-0.05, 0) is 18.8 Å². The van der Waals surface area contributed by atoms with Crippen LogP contribution in [0.5, 0.6) is 0 Å². The molecule has 0 aromatic carbocycles. The van der Waals surface area contributed by atoms with E-state index < -0.39 is 0 Å². The Morgan fingerprint density at radius 1 is 1.42 bits per heavy atom. The van der Waals surface area contributed by atoms with Crippen LogP contribution in [0.25, 0.3) is 0 Å². The molecule has 12 heavy (non-hydrogen) atoms. The quantitative estimate of drug-likeness (QED) is 0.688. The lowest BCUT2D eigenvalue weighted by Gasteiger charge is -2.28. The molecule has 1 N–H and O–H groups in total. The van der Waals surface area contributed by atoms with Crippen LogP contribution in [0.2, 0.25) is 0 Å². The van der Waals surface area contributed by atoms with Crippen LogP contribution in [0.15, 0.2) is 0 Å². The Hall–Kier alpha value is -0.110. The summed E-state index contributed by atoms with van der Waals surface area (Å²) >= 11 is 0. The Kier molecular flexibility index (Phi) is 4.59. The molecule has 1 rings (SSSR count). The first kappa shape index (κ1) is 9.97. The zero-order chi connectivity index (χ0) is 8.81. The number of alkyl halides is 1. The van der Waals surface area contributed by atoms with Crippen LogP contribution in [0.4, 0.5) is 4.39 Å². The van der Waals surface area contributed by atoms with Crippen LogP contribution in [0, 0.1) is 5.92 Å². The molecule has 1 nitrogen and oxygen atoms in total. The molecule has 0 aliphatic heterocycles. The van der Waals surface area contributed by atoms with E-state index in [2.05, 4.69) is 12.2 Å². The summed E-state index contributed by atoms with van der Waals surface area (Å²) in [5, 5.41) is 3.26. The molecule has 1 saturated carbocycles. The molecule has 0 heterocycles. The molecule has 0 aromatic heterocycles. The van der Waals surface area contributed by atoms with Crippen LogP contribution < -0.4 is 5.32 Å². The molecule has 1 aliphatic carbocycles. The van der Waals surface area contributed by atoms with Gasteiger partial charge in [-0.2, -0.15) is 0 Å². The molecule has 72 valence electrons. The van der Waals surface area contributed by atoms with Crippen molar-refractivity contribution in [3.8, 4) is 0 Å². The average Bonchev–Trinajstić information content (AvgIpc) is 2.15. The van der Waals surface area contributed by atoms with E-state index in [9.17, 15) is 4.39 Å². The Morgan fingerprint density at radius 3 is 2.92 bits per heavy atom. The number of hydrogen-bond donors (Lipinski definition) is 1. The zero-order valence-corrected chi connectivity index (χ0v) is 7.98. The van der Waals surface area contributed by atoms with Crippen molar-refractivity contribution in [2.24, 2.45) is 5.92 Å². The van der Waals surface area contributed by atoms with Crippen LogP contribution in [-0.4, -0.2) is 19.3 Å². The van der Waals surface area contributed by atoms with E-state index in [1.807, 2.05) is 0 Å². The monoisotopic (exact) mass is 173 g/mol. The predicted octanol–water partition coefficient (Wildman–Crippen LogP) is 2.51. The summed E-state index contributed by atoms with van der Waals surface area (Å²) in [6.07, 6.45) is 6.49. The fourth-order valence-corrected chi connectivity index (χ4v) is 2.11. The molecule has 0 radical (unpaired) electrons. The molecule has 2 heteroatoms. The third kappa shape index (κ3) is 3.10. The molecule has 0 saturated heterocycles. The highest BCUT2D eigenvalue weighted by molar-refractivity contribution is 4.76. The Morgan fingerprint density at radius 2 is 2.25 bits per heavy atom. The summed E-state index contributed by atoms with van der Waals surface area (Å²) in [6.45, 7) is 2.57. The van der Waals surface area contributed by atoms with E-state index in [1.54, 1.807) is 0 Å². The fraction of sp³-hybridized carbons (Fsp3) is 1.00. The van der Waals surface area contributed by atoms with Crippen molar-refractivity contribution in [3.05, 3.63) is 0 Å². The molecule has 0 amide bonds. The lowest BCUT2D eigenvalue weighted by atomic mass is 9.84. The Labute approximate surface area is 74.7 Å². The van der Waals surface area contributed by atoms with Crippen molar-refractivity contribution >= 4 is 0 Å². The highest BCUT2D eigenvalue weighted by atomic mass is 19.1. The molecule has 1 fully saturated rings. The van der Waals surface area contributed by atoms with E-state index in [0.717, 1.165) is 5.92 Å². The SMILES string of the molecule is CCC1CCCC(NCCF)C1. The minimum Gasteiger partial charge on any atom is -0.311 e. The van der Waals surface area contributed by atoms with Crippen molar-refractivity contribution < 1.29 is 4.39 Å². The van der Waals surface area contributed by atoms with Gasteiger partial charge in [-0.15, -0.1) is 0 Å². The highest BCUT2D eigenvalue weighted by Crippen LogP contribution is 2.26. The maximum absolute atomic E-state index is 11.9. The second-order valence-electron chi connectivity index (χ2n) is 3.78. The summed E-state index contributed by atoms with van der Waals surface area (Å²) in [7, 11) is 0. The van der Waals surface area contributed by atoms with E-state index in [4.69, 9.17) is 0 Å². The number of nitrogens with one attached hydrogen (secondary N) is 1. The molecule has 2 unspecified atom stereocenters. The summed E-state index contributed by atoms with van der Waals surface area (Å²) in [5.74, 6) is 0.885. The summed E-state index contributed by atoms with van der Waals surface area (Å²) in [6, 6.07) is 0.597. The van der Waals surface area contributed by atoms with Gasteiger partial charge in [0, 0.05) is 12.6 Å². The van der Waals surface area contributed by atoms with Crippen LogP contribution in [0.3, 0.4) is 0 Å². The van der Waals surface area contributed by atoms with Gasteiger partial charge in [0.2, 0.25) is 0 Å². The minimum absolute atomic E-state index is 0.229. The smallest absolute Gasteiger partial charge is 0.102 e. The Bertz CT molecular complexity index is 116. The van der Waals surface area contributed by atoms with Crippen LogP contribution in [0.1, 0.15) is 39.0 Å². The lowest BCUT2D eigenvalue weighted by molar-refractivity contribution is 0.274. The van der Waals surface area contributed by atoms with Crippen LogP contribution >= 0.6 is 0 Å². The Balaban J connectivity index is 2.16. The first-order valence-corrected chi connectivity index (χ1v) is 5.16. The largest absolute Gasteiger partial charge is 0.311 e. The van der Waals surface area contributed by atoms with E-state index >= 15 is 0 Å². The maximum Gasteiger partial charge on any atom is 0.102 e. The van der Waals surface area contributed by atoms with Crippen molar-refractivity contribution in [2.45, 2.75) is 45.1 Å². The normalized spacial score (nSPS) is 30.5. The van der Waals surface area contributed by atoms with Gasteiger partial charge in [0.05, 0.1) is 0 Å². The first-order valence-electron chi connectivity index (χ1n) is 5.16. The van der Waals surface area contributed by atoms with Gasteiger partial charge >= 0.3 is 0 Å². The number of halogens is 1. The first-order chi connectivity index (χ1) is 5.86. The van der Waals surface area contributed by atoms with Gasteiger partial charge < -0.3 is 5.32 Å². The molecule has 0 bridgehead atoms.